The van der Waals surface area contributed by atoms with Crippen molar-refractivity contribution in [1.82, 2.24) is 0 Å². The predicted molar refractivity (Wildman–Crippen MR) is 233 cm³/mol. The highest BCUT2D eigenvalue weighted by atomic mass is 16.6. The molecule has 0 aliphatic carbocycles. The van der Waals surface area contributed by atoms with E-state index in [1.165, 1.54) is 161 Å². The Hall–Kier alpha value is -1.62. The fourth-order valence-corrected chi connectivity index (χ4v) is 6.89. The average Bonchev–Trinajstić information content (AvgIpc) is 3.17. The standard InChI is InChI=1S/C49H92O5/c1-4-7-10-13-16-18-20-22-24-25-27-28-30-32-34-36-39-42-48(50)53-46-47(45-52-44-41-38-15-12-9-6-3)54-49(51)43-40-37-35-33-31-29-26-23-21-19-17-14-11-8-5-2/h17,19,23,26,47H,4-16,18,20-22,24-25,27-46H2,1-3H3/b19-17-,26-23-. The van der Waals surface area contributed by atoms with Gasteiger partial charge in [-0.2, -0.15) is 0 Å². The van der Waals surface area contributed by atoms with Gasteiger partial charge in [-0.05, 0) is 51.4 Å². The van der Waals surface area contributed by atoms with Crippen molar-refractivity contribution in [3.63, 3.8) is 0 Å². The Morgan fingerprint density at radius 3 is 1.26 bits per heavy atom. The van der Waals surface area contributed by atoms with Crippen LogP contribution in [0.4, 0.5) is 0 Å². The molecule has 0 radical (unpaired) electrons. The topological polar surface area (TPSA) is 61.8 Å². The van der Waals surface area contributed by atoms with Gasteiger partial charge in [-0.25, -0.2) is 0 Å². The van der Waals surface area contributed by atoms with Gasteiger partial charge in [-0.3, -0.25) is 9.59 Å². The molecule has 0 bridgehead atoms. The summed E-state index contributed by atoms with van der Waals surface area (Å²) < 4.78 is 17.2. The van der Waals surface area contributed by atoms with E-state index in [-0.39, 0.29) is 25.2 Å². The minimum absolute atomic E-state index is 0.0855. The van der Waals surface area contributed by atoms with E-state index in [0.29, 0.717) is 19.4 Å². The van der Waals surface area contributed by atoms with E-state index in [2.05, 4.69) is 45.1 Å². The Labute approximate surface area is 337 Å². The van der Waals surface area contributed by atoms with E-state index < -0.39 is 6.10 Å². The van der Waals surface area contributed by atoms with E-state index in [0.717, 1.165) is 57.8 Å². The summed E-state index contributed by atoms with van der Waals surface area (Å²) in [6.45, 7) is 7.78. The lowest BCUT2D eigenvalue weighted by Crippen LogP contribution is -2.30. The monoisotopic (exact) mass is 761 g/mol. The lowest BCUT2D eigenvalue weighted by atomic mass is 10.0. The zero-order valence-electron chi connectivity index (χ0n) is 36.5. The predicted octanol–water partition coefficient (Wildman–Crippen LogP) is 15.7. The van der Waals surface area contributed by atoms with Crippen LogP contribution in [-0.2, 0) is 23.8 Å². The SMILES string of the molecule is CCCCC/C=C\C/C=C\CCCCCCCC(=O)OC(COCCCCCCCC)COC(=O)CCCCCCCCCCCCCCCCCCC. The molecule has 0 aliphatic rings. The van der Waals surface area contributed by atoms with Gasteiger partial charge in [0.1, 0.15) is 6.61 Å². The van der Waals surface area contributed by atoms with Gasteiger partial charge < -0.3 is 14.2 Å². The van der Waals surface area contributed by atoms with Crippen LogP contribution < -0.4 is 0 Å². The second-order valence-corrected chi connectivity index (χ2v) is 16.0. The molecule has 0 saturated carbocycles. The Kier molecular flexibility index (Phi) is 44.4. The van der Waals surface area contributed by atoms with Crippen molar-refractivity contribution in [1.29, 1.82) is 0 Å². The van der Waals surface area contributed by atoms with Crippen molar-refractivity contribution < 1.29 is 23.8 Å². The lowest BCUT2D eigenvalue weighted by molar-refractivity contribution is -0.163. The number of rotatable bonds is 44. The third-order valence-corrected chi connectivity index (χ3v) is 10.5. The van der Waals surface area contributed by atoms with E-state index in [1.54, 1.807) is 0 Å². The van der Waals surface area contributed by atoms with Crippen LogP contribution >= 0.6 is 0 Å². The molecule has 0 spiro atoms. The van der Waals surface area contributed by atoms with Crippen LogP contribution in [0.25, 0.3) is 0 Å². The molecule has 5 nitrogen and oxygen atoms in total. The van der Waals surface area contributed by atoms with Crippen molar-refractivity contribution in [2.24, 2.45) is 0 Å². The molecule has 0 aliphatic heterocycles. The Bertz CT molecular complexity index is 821. The summed E-state index contributed by atoms with van der Waals surface area (Å²) >= 11 is 0. The quantitative estimate of drug-likeness (QED) is 0.0352. The third kappa shape index (κ3) is 43.1. The summed E-state index contributed by atoms with van der Waals surface area (Å²) in [6.07, 6.45) is 51.9. The Morgan fingerprint density at radius 2 is 0.778 bits per heavy atom. The fraction of sp³-hybridized carbons (Fsp3) is 0.878. The van der Waals surface area contributed by atoms with Crippen LogP contribution in [0.15, 0.2) is 24.3 Å². The van der Waals surface area contributed by atoms with Gasteiger partial charge in [-0.15, -0.1) is 0 Å². The first kappa shape index (κ1) is 52.4. The molecule has 0 amide bonds. The highest BCUT2D eigenvalue weighted by Crippen LogP contribution is 2.15. The maximum Gasteiger partial charge on any atom is 0.306 e. The summed E-state index contributed by atoms with van der Waals surface area (Å²) in [5.74, 6) is -0.403. The first-order valence-electron chi connectivity index (χ1n) is 23.9. The Morgan fingerprint density at radius 1 is 0.407 bits per heavy atom. The molecule has 0 aromatic carbocycles. The van der Waals surface area contributed by atoms with Gasteiger partial charge in [0.05, 0.1) is 6.61 Å². The van der Waals surface area contributed by atoms with E-state index in [9.17, 15) is 9.59 Å². The van der Waals surface area contributed by atoms with Crippen molar-refractivity contribution in [2.75, 3.05) is 19.8 Å². The number of hydrogen-bond acceptors (Lipinski definition) is 5. The number of unbranched alkanes of at least 4 members (excludes halogenated alkanes) is 29. The van der Waals surface area contributed by atoms with Crippen molar-refractivity contribution in [3.8, 4) is 0 Å². The second kappa shape index (κ2) is 45.8. The number of hydrogen-bond donors (Lipinski definition) is 0. The van der Waals surface area contributed by atoms with Gasteiger partial charge in [-0.1, -0.05) is 212 Å². The molecule has 54 heavy (non-hydrogen) atoms. The minimum atomic E-state index is -0.532. The molecule has 1 unspecified atom stereocenters. The smallest absolute Gasteiger partial charge is 0.306 e. The molecule has 0 fully saturated rings. The van der Waals surface area contributed by atoms with Crippen LogP contribution in [0.5, 0.6) is 0 Å². The normalized spacial score (nSPS) is 12.3. The maximum absolute atomic E-state index is 12.7. The molecular weight excluding hydrogens is 669 g/mol. The Balaban J connectivity index is 4.08. The van der Waals surface area contributed by atoms with Crippen LogP contribution in [0.3, 0.4) is 0 Å². The molecule has 0 heterocycles. The highest BCUT2D eigenvalue weighted by molar-refractivity contribution is 5.70. The minimum Gasteiger partial charge on any atom is -0.462 e. The molecule has 0 saturated heterocycles. The largest absolute Gasteiger partial charge is 0.462 e. The summed E-state index contributed by atoms with van der Waals surface area (Å²) in [6, 6.07) is 0. The van der Waals surface area contributed by atoms with Crippen molar-refractivity contribution in [2.45, 2.75) is 258 Å². The number of esters is 2. The van der Waals surface area contributed by atoms with Crippen LogP contribution in [0.2, 0.25) is 0 Å². The number of carbonyl (C=O) groups is 2. The van der Waals surface area contributed by atoms with Crippen LogP contribution in [0, 0.1) is 0 Å². The average molecular weight is 761 g/mol. The van der Waals surface area contributed by atoms with Crippen LogP contribution in [-0.4, -0.2) is 37.9 Å². The summed E-state index contributed by atoms with van der Waals surface area (Å²) in [5.41, 5.74) is 0. The molecule has 0 N–H and O–H groups in total. The number of carbonyl (C=O) groups excluding carboxylic acids is 2. The number of ether oxygens (including phenoxy) is 3. The number of allylic oxidation sites excluding steroid dienone is 4. The van der Waals surface area contributed by atoms with Gasteiger partial charge >= 0.3 is 11.9 Å². The first-order chi connectivity index (χ1) is 26.6. The summed E-state index contributed by atoms with van der Waals surface area (Å²) in [4.78, 5) is 25.2. The van der Waals surface area contributed by atoms with Crippen LogP contribution in [0.1, 0.15) is 252 Å². The van der Waals surface area contributed by atoms with E-state index in [4.69, 9.17) is 14.2 Å². The molecule has 0 aromatic heterocycles. The van der Waals surface area contributed by atoms with E-state index in [1.807, 2.05) is 0 Å². The molecule has 5 heteroatoms. The highest BCUT2D eigenvalue weighted by Gasteiger charge is 2.17. The zero-order chi connectivity index (χ0) is 39.3. The molecule has 0 rings (SSSR count). The molecule has 318 valence electrons. The molecule has 1 atom stereocenters. The first-order valence-corrected chi connectivity index (χ1v) is 23.9. The van der Waals surface area contributed by atoms with Gasteiger partial charge in [0.2, 0.25) is 0 Å². The van der Waals surface area contributed by atoms with E-state index >= 15 is 0 Å². The zero-order valence-corrected chi connectivity index (χ0v) is 36.5. The molecular formula is C49H92O5. The lowest BCUT2D eigenvalue weighted by Gasteiger charge is -2.18. The molecule has 0 aromatic rings. The van der Waals surface area contributed by atoms with Gasteiger partial charge in [0.25, 0.3) is 0 Å². The fourth-order valence-electron chi connectivity index (χ4n) is 6.89. The van der Waals surface area contributed by atoms with Crippen molar-refractivity contribution >= 4 is 11.9 Å². The van der Waals surface area contributed by atoms with Gasteiger partial charge in [0.15, 0.2) is 6.10 Å². The maximum atomic E-state index is 12.7. The summed E-state index contributed by atoms with van der Waals surface area (Å²) in [5, 5.41) is 0. The van der Waals surface area contributed by atoms with Crippen molar-refractivity contribution in [3.05, 3.63) is 24.3 Å². The second-order valence-electron chi connectivity index (χ2n) is 16.0. The third-order valence-electron chi connectivity index (χ3n) is 10.5. The van der Waals surface area contributed by atoms with Gasteiger partial charge in [0, 0.05) is 19.4 Å². The summed E-state index contributed by atoms with van der Waals surface area (Å²) in [7, 11) is 0.